The number of fused-ring (bicyclic) bond motifs is 1. The monoisotopic (exact) mass is 561 g/mol. The molecule has 0 spiro atoms. The third-order valence-electron chi connectivity index (χ3n) is 6.37. The molecule has 1 heterocycles. The Morgan fingerprint density at radius 2 is 1.45 bits per heavy atom. The van der Waals surface area contributed by atoms with E-state index in [0.29, 0.717) is 36.8 Å². The van der Waals surface area contributed by atoms with Gasteiger partial charge in [0.2, 0.25) is 0 Å². The number of halogens is 1. The number of aryl methyl sites for hydroxylation is 1. The van der Waals surface area contributed by atoms with Gasteiger partial charge in [-0.05, 0) is 78.4 Å². The van der Waals surface area contributed by atoms with E-state index >= 15 is 0 Å². The number of ether oxygens (including phenoxy) is 2. The highest BCUT2D eigenvalue weighted by Crippen LogP contribution is 2.28. The normalized spacial score (nSPS) is 11.2. The zero-order chi connectivity index (χ0) is 28.3. The quantitative estimate of drug-likeness (QED) is 0.118. The Bertz CT molecular complexity index is 1460. The number of benzene rings is 3. The second kappa shape index (κ2) is 14.2. The predicted molar refractivity (Wildman–Crippen MR) is 157 cm³/mol. The fourth-order valence-electron chi connectivity index (χ4n) is 4.47. The summed E-state index contributed by atoms with van der Waals surface area (Å²) in [4.78, 5) is 22.4. The van der Waals surface area contributed by atoms with Crippen LogP contribution in [-0.4, -0.2) is 39.9 Å². The number of carboxylic acid groups (broad SMARTS) is 2. The van der Waals surface area contributed by atoms with Crippen LogP contribution in [0, 0.1) is 0 Å². The molecule has 0 amide bonds. The fourth-order valence-corrected chi connectivity index (χ4v) is 4.59. The van der Waals surface area contributed by atoms with Gasteiger partial charge in [0.05, 0.1) is 19.6 Å². The van der Waals surface area contributed by atoms with Crippen LogP contribution in [0.5, 0.6) is 11.5 Å². The van der Waals surface area contributed by atoms with Gasteiger partial charge in [0.25, 0.3) is 0 Å². The lowest BCUT2D eigenvalue weighted by Crippen LogP contribution is -2.02. The second-order valence-corrected chi connectivity index (χ2v) is 9.85. The van der Waals surface area contributed by atoms with Crippen LogP contribution >= 0.6 is 11.6 Å². The minimum atomic E-state index is -0.909. The lowest BCUT2D eigenvalue weighted by molar-refractivity contribution is -0.137. The first-order valence-corrected chi connectivity index (χ1v) is 13.6. The van der Waals surface area contributed by atoms with Crippen molar-refractivity contribution in [3.8, 4) is 11.5 Å². The van der Waals surface area contributed by atoms with Gasteiger partial charge in [-0.15, -0.1) is 0 Å². The molecule has 0 aliphatic rings. The standard InChI is InChI=1S/C32H32ClNO6/c33-26-12-16-28(17-13-26)40-20-2-1-19-39-27-14-9-23(10-15-27)8-11-24-5-3-6-29-32(24)25(21-31(37)38)22-34(29)18-4-7-30(35)36/h3,5-6,8-17,22H,1-2,4,7,18-21H2,(H,35,36)(H,37,38)/b11-8+. The van der Waals surface area contributed by atoms with E-state index in [9.17, 15) is 14.7 Å². The van der Waals surface area contributed by atoms with Crippen LogP contribution in [0.4, 0.5) is 0 Å². The van der Waals surface area contributed by atoms with Crippen molar-refractivity contribution in [2.24, 2.45) is 0 Å². The van der Waals surface area contributed by atoms with E-state index in [1.54, 1.807) is 12.1 Å². The van der Waals surface area contributed by atoms with Crippen molar-refractivity contribution in [2.45, 2.75) is 38.6 Å². The van der Waals surface area contributed by atoms with Gasteiger partial charge in [-0.2, -0.15) is 0 Å². The number of carboxylic acids is 2. The maximum atomic E-state index is 11.5. The first-order valence-electron chi connectivity index (χ1n) is 13.2. The predicted octanol–water partition coefficient (Wildman–Crippen LogP) is 7.20. The van der Waals surface area contributed by atoms with Crippen molar-refractivity contribution in [1.29, 1.82) is 0 Å². The molecular formula is C32H32ClNO6. The molecule has 0 bridgehead atoms. The highest BCUT2D eigenvalue weighted by Gasteiger charge is 2.14. The average molecular weight is 562 g/mol. The Balaban J connectivity index is 1.34. The van der Waals surface area contributed by atoms with Gasteiger partial charge in [0.1, 0.15) is 11.5 Å². The number of unbranched alkanes of at least 4 members (excludes halogenated alkanes) is 1. The van der Waals surface area contributed by atoms with Gasteiger partial charge in [-0.1, -0.05) is 48.0 Å². The van der Waals surface area contributed by atoms with Crippen LogP contribution in [0.25, 0.3) is 23.1 Å². The van der Waals surface area contributed by atoms with Crippen LogP contribution < -0.4 is 9.47 Å². The van der Waals surface area contributed by atoms with E-state index in [4.69, 9.17) is 26.2 Å². The van der Waals surface area contributed by atoms with Gasteiger partial charge in [0.15, 0.2) is 0 Å². The minimum Gasteiger partial charge on any atom is -0.494 e. The number of aliphatic carboxylic acids is 2. The maximum absolute atomic E-state index is 11.5. The summed E-state index contributed by atoms with van der Waals surface area (Å²) in [5.74, 6) is -0.160. The maximum Gasteiger partial charge on any atom is 0.307 e. The molecule has 208 valence electrons. The van der Waals surface area contributed by atoms with Crippen LogP contribution in [0.2, 0.25) is 5.02 Å². The molecular weight excluding hydrogens is 530 g/mol. The van der Waals surface area contributed by atoms with Gasteiger partial charge < -0.3 is 24.3 Å². The summed E-state index contributed by atoms with van der Waals surface area (Å²) >= 11 is 5.88. The number of hydrogen-bond donors (Lipinski definition) is 2. The molecule has 0 fully saturated rings. The molecule has 1 aromatic heterocycles. The van der Waals surface area contributed by atoms with Crippen LogP contribution in [-0.2, 0) is 22.6 Å². The third kappa shape index (κ3) is 8.38. The van der Waals surface area contributed by atoms with Gasteiger partial charge in [0, 0.05) is 35.1 Å². The van der Waals surface area contributed by atoms with E-state index in [-0.39, 0.29) is 12.8 Å². The molecule has 4 aromatic rings. The first-order chi connectivity index (χ1) is 19.4. The van der Waals surface area contributed by atoms with Crippen molar-refractivity contribution in [3.05, 3.63) is 94.6 Å². The van der Waals surface area contributed by atoms with Gasteiger partial charge in [-0.3, -0.25) is 9.59 Å². The van der Waals surface area contributed by atoms with Crippen molar-refractivity contribution in [3.63, 3.8) is 0 Å². The molecule has 0 atom stereocenters. The van der Waals surface area contributed by atoms with E-state index in [2.05, 4.69) is 0 Å². The highest BCUT2D eigenvalue weighted by atomic mass is 35.5. The van der Waals surface area contributed by atoms with E-state index < -0.39 is 11.9 Å². The van der Waals surface area contributed by atoms with Crippen LogP contribution in [0.3, 0.4) is 0 Å². The molecule has 0 saturated carbocycles. The molecule has 3 aromatic carbocycles. The first kappa shape index (κ1) is 28.8. The molecule has 0 radical (unpaired) electrons. The summed E-state index contributed by atoms with van der Waals surface area (Å²) in [7, 11) is 0. The topological polar surface area (TPSA) is 98.0 Å². The second-order valence-electron chi connectivity index (χ2n) is 9.42. The Morgan fingerprint density at radius 3 is 2.08 bits per heavy atom. The summed E-state index contributed by atoms with van der Waals surface area (Å²) in [6, 6.07) is 21.0. The Kier molecular flexibility index (Phi) is 10.2. The lowest BCUT2D eigenvalue weighted by atomic mass is 10.0. The molecule has 0 saturated heterocycles. The van der Waals surface area contributed by atoms with E-state index in [0.717, 1.165) is 46.4 Å². The lowest BCUT2D eigenvalue weighted by Gasteiger charge is -2.08. The SMILES string of the molecule is O=C(O)CCCn1cc(CC(=O)O)c2c(/C=C/c3ccc(OCCCCOc4ccc(Cl)cc4)cc3)cccc21. The number of carbonyl (C=O) groups is 2. The Labute approximate surface area is 238 Å². The molecule has 40 heavy (non-hydrogen) atoms. The third-order valence-corrected chi connectivity index (χ3v) is 6.63. The molecule has 0 aliphatic heterocycles. The summed E-state index contributed by atoms with van der Waals surface area (Å²) < 4.78 is 13.5. The zero-order valence-corrected chi connectivity index (χ0v) is 22.8. The molecule has 4 rings (SSSR count). The summed E-state index contributed by atoms with van der Waals surface area (Å²) in [5, 5.41) is 20.0. The molecule has 2 N–H and O–H groups in total. The smallest absolute Gasteiger partial charge is 0.307 e. The van der Waals surface area contributed by atoms with Gasteiger partial charge in [-0.25, -0.2) is 0 Å². The summed E-state index contributed by atoms with van der Waals surface area (Å²) in [5.41, 5.74) is 3.50. The number of rotatable bonds is 15. The Hall–Kier alpha value is -4.23. The highest BCUT2D eigenvalue weighted by molar-refractivity contribution is 6.30. The van der Waals surface area contributed by atoms with E-state index in [1.807, 2.05) is 77.5 Å². The van der Waals surface area contributed by atoms with Crippen molar-refractivity contribution in [1.82, 2.24) is 4.57 Å². The van der Waals surface area contributed by atoms with Crippen molar-refractivity contribution in [2.75, 3.05) is 13.2 Å². The Morgan fingerprint density at radius 1 is 0.800 bits per heavy atom. The fraction of sp³-hybridized carbons (Fsp3) is 0.250. The van der Waals surface area contributed by atoms with Gasteiger partial charge >= 0.3 is 11.9 Å². The summed E-state index contributed by atoms with van der Waals surface area (Å²) in [6.07, 6.45) is 7.96. The van der Waals surface area contributed by atoms with Crippen LogP contribution in [0.15, 0.2) is 72.9 Å². The van der Waals surface area contributed by atoms with E-state index in [1.165, 1.54) is 0 Å². The molecule has 8 heteroatoms. The van der Waals surface area contributed by atoms with Crippen LogP contribution in [0.1, 0.15) is 42.4 Å². The number of hydrogen-bond acceptors (Lipinski definition) is 4. The molecule has 0 unspecified atom stereocenters. The average Bonchev–Trinajstić information content (AvgIpc) is 3.28. The molecule has 7 nitrogen and oxygen atoms in total. The minimum absolute atomic E-state index is 0.0615. The van der Waals surface area contributed by atoms with Crippen molar-refractivity contribution >= 4 is 46.6 Å². The van der Waals surface area contributed by atoms with Crippen molar-refractivity contribution < 1.29 is 29.3 Å². The number of aromatic nitrogens is 1. The number of nitrogens with zero attached hydrogens (tertiary/aromatic N) is 1. The zero-order valence-electron chi connectivity index (χ0n) is 22.1. The largest absolute Gasteiger partial charge is 0.494 e. The summed E-state index contributed by atoms with van der Waals surface area (Å²) in [6.45, 7) is 1.71. The molecule has 0 aliphatic carbocycles.